The molecule has 6 rings (SSSR count). The SMILES string of the molecule is O=c1c(-c2ccccc2)c(SCc2ccncc2)oc2cc(OCc3cccc4ccccc34)ccc12. The van der Waals surface area contributed by atoms with Crippen LogP contribution in [0.25, 0.3) is 32.9 Å². The summed E-state index contributed by atoms with van der Waals surface area (Å²) in [4.78, 5) is 17.8. The molecule has 0 bridgehead atoms. The highest BCUT2D eigenvalue weighted by molar-refractivity contribution is 7.98. The van der Waals surface area contributed by atoms with Gasteiger partial charge >= 0.3 is 0 Å². The predicted octanol–water partition coefficient (Wildman–Crippen LogP) is 7.88. The second-order valence-corrected chi connectivity index (χ2v) is 9.64. The first kappa shape index (κ1) is 23.1. The van der Waals surface area contributed by atoms with E-state index in [-0.39, 0.29) is 5.43 Å². The number of ether oxygens (including phenoxy) is 1. The molecule has 0 N–H and O–H groups in total. The summed E-state index contributed by atoms with van der Waals surface area (Å²) in [6.07, 6.45) is 3.54. The van der Waals surface area contributed by atoms with Crippen LogP contribution in [-0.2, 0) is 12.4 Å². The van der Waals surface area contributed by atoms with Crippen molar-refractivity contribution in [3.63, 3.8) is 0 Å². The molecular formula is C32H23NO3S. The lowest BCUT2D eigenvalue weighted by Gasteiger charge is -2.12. The molecule has 0 atom stereocenters. The normalized spacial score (nSPS) is 11.1. The zero-order valence-corrected chi connectivity index (χ0v) is 20.8. The molecule has 0 radical (unpaired) electrons. The lowest BCUT2D eigenvalue weighted by atomic mass is 10.1. The van der Waals surface area contributed by atoms with E-state index in [0.717, 1.165) is 16.7 Å². The summed E-state index contributed by atoms with van der Waals surface area (Å²) < 4.78 is 12.5. The first-order valence-corrected chi connectivity index (χ1v) is 13.0. The Kier molecular flexibility index (Phi) is 6.44. The zero-order valence-electron chi connectivity index (χ0n) is 20.0. The third-order valence-electron chi connectivity index (χ3n) is 6.29. The van der Waals surface area contributed by atoms with Crippen molar-refractivity contribution < 1.29 is 9.15 Å². The van der Waals surface area contributed by atoms with Gasteiger partial charge in [-0.15, -0.1) is 0 Å². The number of rotatable bonds is 7. The molecule has 4 nitrogen and oxygen atoms in total. The van der Waals surface area contributed by atoms with Gasteiger partial charge in [0.1, 0.15) is 17.9 Å². The Labute approximate surface area is 218 Å². The van der Waals surface area contributed by atoms with E-state index < -0.39 is 0 Å². The summed E-state index contributed by atoms with van der Waals surface area (Å²) in [5.41, 5.74) is 4.09. The molecule has 0 fully saturated rings. The van der Waals surface area contributed by atoms with Gasteiger partial charge < -0.3 is 9.15 Å². The maximum atomic E-state index is 13.7. The van der Waals surface area contributed by atoms with Gasteiger partial charge in [0.15, 0.2) is 5.09 Å². The van der Waals surface area contributed by atoms with Gasteiger partial charge in [-0.05, 0) is 51.7 Å². The maximum absolute atomic E-state index is 13.7. The van der Waals surface area contributed by atoms with Crippen LogP contribution in [0, 0.1) is 0 Å². The van der Waals surface area contributed by atoms with Gasteiger partial charge in [-0.1, -0.05) is 84.6 Å². The molecule has 0 unspecified atom stereocenters. The average molecular weight is 502 g/mol. The molecule has 5 heteroatoms. The lowest BCUT2D eigenvalue weighted by molar-refractivity contribution is 0.307. The number of nitrogens with zero attached hydrogens (tertiary/aromatic N) is 1. The lowest BCUT2D eigenvalue weighted by Crippen LogP contribution is -2.07. The summed E-state index contributed by atoms with van der Waals surface area (Å²) >= 11 is 1.51. The Bertz CT molecular complexity index is 1740. The molecule has 0 spiro atoms. The van der Waals surface area contributed by atoms with Crippen molar-refractivity contribution in [3.05, 3.63) is 137 Å². The largest absolute Gasteiger partial charge is 0.489 e. The van der Waals surface area contributed by atoms with Gasteiger partial charge in [-0.25, -0.2) is 0 Å². The van der Waals surface area contributed by atoms with Crippen molar-refractivity contribution in [2.24, 2.45) is 0 Å². The predicted molar refractivity (Wildman–Crippen MR) is 150 cm³/mol. The summed E-state index contributed by atoms with van der Waals surface area (Å²) in [6.45, 7) is 0.419. The molecule has 0 aliphatic heterocycles. The van der Waals surface area contributed by atoms with Gasteiger partial charge in [0, 0.05) is 24.2 Å². The standard InChI is InChI=1S/C32H23NO3S/c34-31-28-14-13-26(35-20-25-11-6-10-23-7-4-5-12-27(23)25)19-29(28)36-32(30(31)24-8-2-1-3-9-24)37-21-22-15-17-33-18-16-22/h1-19H,20-21H2. The van der Waals surface area contributed by atoms with E-state index in [1.165, 1.54) is 22.5 Å². The molecule has 180 valence electrons. The van der Waals surface area contributed by atoms with Crippen LogP contribution in [0.15, 0.2) is 130 Å². The van der Waals surface area contributed by atoms with E-state index in [4.69, 9.17) is 9.15 Å². The fraction of sp³-hybridized carbons (Fsp3) is 0.0625. The smallest absolute Gasteiger partial charge is 0.201 e. The van der Waals surface area contributed by atoms with Crippen LogP contribution in [0.5, 0.6) is 5.75 Å². The Morgan fingerprint density at radius 2 is 1.57 bits per heavy atom. The van der Waals surface area contributed by atoms with Crippen LogP contribution in [0.4, 0.5) is 0 Å². The van der Waals surface area contributed by atoms with E-state index in [1.54, 1.807) is 18.5 Å². The molecular weight excluding hydrogens is 478 g/mol. The van der Waals surface area contributed by atoms with Crippen molar-refractivity contribution >= 4 is 33.5 Å². The van der Waals surface area contributed by atoms with E-state index in [0.29, 0.717) is 39.7 Å². The first-order valence-electron chi connectivity index (χ1n) is 12.0. The number of benzene rings is 4. The van der Waals surface area contributed by atoms with Crippen molar-refractivity contribution in [1.82, 2.24) is 4.98 Å². The summed E-state index contributed by atoms with van der Waals surface area (Å²) in [6, 6.07) is 33.5. The van der Waals surface area contributed by atoms with Crippen molar-refractivity contribution in [3.8, 4) is 16.9 Å². The molecule has 0 amide bonds. The van der Waals surface area contributed by atoms with Crippen molar-refractivity contribution in [2.75, 3.05) is 0 Å². The number of fused-ring (bicyclic) bond motifs is 2. The summed E-state index contributed by atoms with van der Waals surface area (Å²) in [5, 5.41) is 3.47. The zero-order chi connectivity index (χ0) is 25.0. The van der Waals surface area contributed by atoms with Gasteiger partial charge in [0.2, 0.25) is 5.43 Å². The van der Waals surface area contributed by atoms with E-state index in [2.05, 4.69) is 29.2 Å². The molecule has 4 aromatic carbocycles. The molecule has 2 heterocycles. The second kappa shape index (κ2) is 10.3. The fourth-order valence-electron chi connectivity index (χ4n) is 4.41. The summed E-state index contributed by atoms with van der Waals surface area (Å²) in [5.74, 6) is 1.31. The van der Waals surface area contributed by atoms with E-state index in [9.17, 15) is 4.79 Å². The van der Waals surface area contributed by atoms with Crippen LogP contribution >= 0.6 is 11.8 Å². The maximum Gasteiger partial charge on any atom is 0.201 e. The third kappa shape index (κ3) is 4.86. The number of pyridine rings is 1. The van der Waals surface area contributed by atoms with Crippen LogP contribution in [-0.4, -0.2) is 4.98 Å². The Morgan fingerprint density at radius 3 is 2.43 bits per heavy atom. The minimum atomic E-state index is -0.0507. The molecule has 0 aliphatic carbocycles. The van der Waals surface area contributed by atoms with E-state index >= 15 is 0 Å². The molecule has 2 aromatic heterocycles. The van der Waals surface area contributed by atoms with Crippen LogP contribution < -0.4 is 10.2 Å². The topological polar surface area (TPSA) is 52.3 Å². The third-order valence-corrected chi connectivity index (χ3v) is 7.31. The number of hydrogen-bond acceptors (Lipinski definition) is 5. The minimum Gasteiger partial charge on any atom is -0.489 e. The Balaban J connectivity index is 1.36. The monoisotopic (exact) mass is 501 g/mol. The highest BCUT2D eigenvalue weighted by Crippen LogP contribution is 2.34. The van der Waals surface area contributed by atoms with Gasteiger partial charge in [0.05, 0.1) is 10.9 Å². The Hall–Kier alpha value is -4.35. The average Bonchev–Trinajstić information content (AvgIpc) is 2.96. The summed E-state index contributed by atoms with van der Waals surface area (Å²) in [7, 11) is 0. The van der Waals surface area contributed by atoms with E-state index in [1.807, 2.05) is 72.8 Å². The van der Waals surface area contributed by atoms with Crippen LogP contribution in [0.1, 0.15) is 11.1 Å². The molecule has 0 saturated heterocycles. The van der Waals surface area contributed by atoms with Gasteiger partial charge in [-0.3, -0.25) is 9.78 Å². The van der Waals surface area contributed by atoms with Gasteiger partial charge in [-0.2, -0.15) is 0 Å². The molecule has 6 aromatic rings. The highest BCUT2D eigenvalue weighted by atomic mass is 32.2. The highest BCUT2D eigenvalue weighted by Gasteiger charge is 2.17. The fourth-order valence-corrected chi connectivity index (χ4v) is 5.40. The van der Waals surface area contributed by atoms with Crippen molar-refractivity contribution in [2.45, 2.75) is 17.5 Å². The van der Waals surface area contributed by atoms with Crippen LogP contribution in [0.2, 0.25) is 0 Å². The quantitative estimate of drug-likeness (QED) is 0.208. The second-order valence-electron chi connectivity index (χ2n) is 8.69. The van der Waals surface area contributed by atoms with Gasteiger partial charge in [0.25, 0.3) is 0 Å². The number of hydrogen-bond donors (Lipinski definition) is 0. The molecule has 0 saturated carbocycles. The number of aromatic nitrogens is 1. The van der Waals surface area contributed by atoms with Crippen molar-refractivity contribution in [1.29, 1.82) is 0 Å². The molecule has 0 aliphatic rings. The Morgan fingerprint density at radius 1 is 0.784 bits per heavy atom. The minimum absolute atomic E-state index is 0.0507. The molecule has 37 heavy (non-hydrogen) atoms. The first-order chi connectivity index (χ1) is 18.3. The number of thioether (sulfide) groups is 1. The van der Waals surface area contributed by atoms with Crippen LogP contribution in [0.3, 0.4) is 0 Å².